The molecule has 0 spiro atoms. The Hall–Kier alpha value is -2.49. The van der Waals surface area contributed by atoms with E-state index in [0.717, 1.165) is 15.4 Å². The molecule has 0 aliphatic carbocycles. The van der Waals surface area contributed by atoms with E-state index in [2.05, 4.69) is 15.4 Å². The fraction of sp³-hybridized carbons (Fsp3) is 0.235. The van der Waals surface area contributed by atoms with Crippen LogP contribution in [0.25, 0.3) is 11.0 Å². The van der Waals surface area contributed by atoms with Crippen LogP contribution in [0.1, 0.15) is 16.1 Å². The van der Waals surface area contributed by atoms with Crippen molar-refractivity contribution in [1.82, 2.24) is 19.1 Å². The molecular formula is C17H18ClN5O3S. The maximum Gasteiger partial charge on any atom is 0.255 e. The Kier molecular flexibility index (Phi) is 4.94. The molecule has 1 aromatic carbocycles. The van der Waals surface area contributed by atoms with Crippen molar-refractivity contribution in [1.29, 1.82) is 0 Å². The Labute approximate surface area is 161 Å². The maximum absolute atomic E-state index is 12.6. The second-order valence-electron chi connectivity index (χ2n) is 6.19. The van der Waals surface area contributed by atoms with E-state index in [9.17, 15) is 13.2 Å². The van der Waals surface area contributed by atoms with Gasteiger partial charge in [-0.1, -0.05) is 11.6 Å². The average molecular weight is 408 g/mol. The molecule has 0 radical (unpaired) electrons. The molecule has 2 aromatic heterocycles. The van der Waals surface area contributed by atoms with Crippen LogP contribution in [0.5, 0.6) is 0 Å². The summed E-state index contributed by atoms with van der Waals surface area (Å²) in [4.78, 5) is 16.8. The van der Waals surface area contributed by atoms with Gasteiger partial charge in [-0.15, -0.1) is 0 Å². The number of hydrogen-bond donors (Lipinski definition) is 1. The Bertz CT molecular complexity index is 1150. The van der Waals surface area contributed by atoms with E-state index in [1.165, 1.54) is 38.5 Å². The van der Waals surface area contributed by atoms with Gasteiger partial charge in [-0.05, 0) is 31.2 Å². The molecule has 0 atom stereocenters. The number of rotatable bonds is 4. The smallest absolute Gasteiger partial charge is 0.255 e. The van der Waals surface area contributed by atoms with Gasteiger partial charge in [0.1, 0.15) is 4.90 Å². The van der Waals surface area contributed by atoms with E-state index >= 15 is 0 Å². The van der Waals surface area contributed by atoms with Gasteiger partial charge in [-0.25, -0.2) is 17.7 Å². The summed E-state index contributed by atoms with van der Waals surface area (Å²) in [7, 11) is 0.819. The normalized spacial score (nSPS) is 11.9. The first kappa shape index (κ1) is 19.3. The summed E-state index contributed by atoms with van der Waals surface area (Å²) in [5.41, 5.74) is 2.15. The predicted molar refractivity (Wildman–Crippen MR) is 104 cm³/mol. The molecule has 8 nitrogen and oxygen atoms in total. The van der Waals surface area contributed by atoms with Crippen LogP contribution in [0.15, 0.2) is 35.4 Å². The second-order valence-corrected chi connectivity index (χ2v) is 8.72. The van der Waals surface area contributed by atoms with Crippen LogP contribution in [0, 0.1) is 6.92 Å². The lowest BCUT2D eigenvalue weighted by Crippen LogP contribution is -2.23. The molecule has 0 aliphatic rings. The van der Waals surface area contributed by atoms with Gasteiger partial charge in [-0.3, -0.25) is 9.48 Å². The molecule has 0 bridgehead atoms. The molecule has 0 saturated heterocycles. The molecule has 0 unspecified atom stereocenters. The first-order valence-corrected chi connectivity index (χ1v) is 9.76. The first-order chi connectivity index (χ1) is 12.6. The number of fused-ring (bicyclic) bond motifs is 1. The monoisotopic (exact) mass is 407 g/mol. The highest BCUT2D eigenvalue weighted by Gasteiger charge is 2.22. The van der Waals surface area contributed by atoms with Gasteiger partial charge in [0.2, 0.25) is 10.0 Å². The summed E-state index contributed by atoms with van der Waals surface area (Å²) in [6.07, 6.45) is 1.52. The van der Waals surface area contributed by atoms with Gasteiger partial charge in [0, 0.05) is 32.1 Å². The fourth-order valence-electron chi connectivity index (χ4n) is 2.62. The molecule has 27 heavy (non-hydrogen) atoms. The van der Waals surface area contributed by atoms with Gasteiger partial charge in [0.25, 0.3) is 5.91 Å². The summed E-state index contributed by atoms with van der Waals surface area (Å²) >= 11 is 6.02. The molecule has 0 saturated carbocycles. The van der Waals surface area contributed by atoms with Crippen LogP contribution in [-0.2, 0) is 17.1 Å². The minimum Gasteiger partial charge on any atom is -0.321 e. The molecule has 10 heteroatoms. The number of sulfonamides is 1. The average Bonchev–Trinajstić information content (AvgIpc) is 2.88. The molecular weight excluding hydrogens is 390 g/mol. The topological polar surface area (TPSA) is 97.2 Å². The van der Waals surface area contributed by atoms with Crippen molar-refractivity contribution in [3.05, 3.63) is 46.7 Å². The van der Waals surface area contributed by atoms with Crippen LogP contribution in [0.4, 0.5) is 5.69 Å². The van der Waals surface area contributed by atoms with Crippen LogP contribution >= 0.6 is 11.6 Å². The quantitative estimate of drug-likeness (QED) is 0.716. The number of benzene rings is 1. The number of carbonyl (C=O) groups excluding carboxylic acids is 1. The number of nitrogens with zero attached hydrogens (tertiary/aromatic N) is 4. The van der Waals surface area contributed by atoms with Gasteiger partial charge in [0.15, 0.2) is 5.65 Å². The molecule has 142 valence electrons. The van der Waals surface area contributed by atoms with E-state index in [1.54, 1.807) is 17.8 Å². The largest absolute Gasteiger partial charge is 0.321 e. The zero-order chi connectivity index (χ0) is 19.9. The number of pyridine rings is 1. The lowest BCUT2D eigenvalue weighted by Gasteiger charge is -2.14. The lowest BCUT2D eigenvalue weighted by atomic mass is 10.2. The lowest BCUT2D eigenvalue weighted by molar-refractivity contribution is 0.102. The number of carbonyl (C=O) groups is 1. The summed E-state index contributed by atoms with van der Waals surface area (Å²) in [6, 6.07) is 5.89. The van der Waals surface area contributed by atoms with Gasteiger partial charge < -0.3 is 5.32 Å². The van der Waals surface area contributed by atoms with Gasteiger partial charge >= 0.3 is 0 Å². The molecule has 0 aliphatic heterocycles. The number of anilines is 1. The Morgan fingerprint density at radius 1 is 1.26 bits per heavy atom. The van der Waals surface area contributed by atoms with Gasteiger partial charge in [-0.2, -0.15) is 5.10 Å². The molecule has 3 aromatic rings. The molecule has 0 fully saturated rings. The zero-order valence-corrected chi connectivity index (χ0v) is 16.8. The third-order valence-corrected chi connectivity index (χ3v) is 6.37. The maximum atomic E-state index is 12.6. The summed E-state index contributed by atoms with van der Waals surface area (Å²) in [5, 5.41) is 7.88. The molecule has 1 N–H and O–H groups in total. The van der Waals surface area contributed by atoms with E-state index in [-0.39, 0.29) is 15.5 Å². The third kappa shape index (κ3) is 3.53. The van der Waals surface area contributed by atoms with Crippen molar-refractivity contribution in [2.24, 2.45) is 7.05 Å². The fourth-order valence-corrected chi connectivity index (χ4v) is 4.01. The highest BCUT2D eigenvalue weighted by molar-refractivity contribution is 7.89. The SMILES string of the molecule is Cc1nn(C)c2ncc(NC(=O)c3ccc(Cl)c(S(=O)(=O)N(C)C)c3)cc12. The van der Waals surface area contributed by atoms with E-state index in [1.807, 2.05) is 6.92 Å². The van der Waals surface area contributed by atoms with E-state index in [4.69, 9.17) is 11.6 Å². The number of aryl methyl sites for hydroxylation is 2. The summed E-state index contributed by atoms with van der Waals surface area (Å²) in [5.74, 6) is -0.468. The van der Waals surface area contributed by atoms with E-state index < -0.39 is 15.9 Å². The Balaban J connectivity index is 1.94. The van der Waals surface area contributed by atoms with Crippen molar-refractivity contribution >= 4 is 44.3 Å². The van der Waals surface area contributed by atoms with Crippen molar-refractivity contribution < 1.29 is 13.2 Å². The zero-order valence-electron chi connectivity index (χ0n) is 15.2. The highest BCUT2D eigenvalue weighted by atomic mass is 35.5. The van der Waals surface area contributed by atoms with Crippen molar-refractivity contribution in [3.8, 4) is 0 Å². The van der Waals surface area contributed by atoms with Crippen LogP contribution < -0.4 is 5.32 Å². The van der Waals surface area contributed by atoms with Crippen LogP contribution in [-0.4, -0.2) is 47.5 Å². The highest BCUT2D eigenvalue weighted by Crippen LogP contribution is 2.25. The third-order valence-electron chi connectivity index (χ3n) is 4.07. The minimum absolute atomic E-state index is 0.0503. The number of amides is 1. The molecule has 2 heterocycles. The predicted octanol–water partition coefficient (Wildman–Crippen LogP) is 2.43. The molecule has 3 rings (SSSR count). The Morgan fingerprint density at radius 2 is 1.96 bits per heavy atom. The summed E-state index contributed by atoms with van der Waals surface area (Å²) in [6.45, 7) is 1.85. The van der Waals surface area contributed by atoms with Crippen molar-refractivity contribution in [2.45, 2.75) is 11.8 Å². The number of aromatic nitrogens is 3. The van der Waals surface area contributed by atoms with Crippen LogP contribution in [0.2, 0.25) is 5.02 Å². The Morgan fingerprint density at radius 3 is 2.63 bits per heavy atom. The standard InChI is InChI=1S/C17H18ClN5O3S/c1-10-13-8-12(9-19-16(13)23(4)21-10)20-17(24)11-5-6-14(18)15(7-11)27(25,26)22(2)3/h5-9H,1-4H3,(H,20,24). The molecule has 1 amide bonds. The summed E-state index contributed by atoms with van der Waals surface area (Å²) < 4.78 is 27.4. The number of halogens is 1. The second kappa shape index (κ2) is 6.91. The van der Waals surface area contributed by atoms with Gasteiger partial charge in [0.05, 0.1) is 22.6 Å². The van der Waals surface area contributed by atoms with Crippen molar-refractivity contribution in [3.63, 3.8) is 0 Å². The van der Waals surface area contributed by atoms with Crippen LogP contribution in [0.3, 0.4) is 0 Å². The van der Waals surface area contributed by atoms with E-state index in [0.29, 0.717) is 11.3 Å². The van der Waals surface area contributed by atoms with Crippen molar-refractivity contribution in [2.75, 3.05) is 19.4 Å². The minimum atomic E-state index is -3.77. The number of hydrogen-bond acceptors (Lipinski definition) is 5. The first-order valence-electron chi connectivity index (χ1n) is 7.94. The number of nitrogens with one attached hydrogen (secondary N) is 1.